The number of aromatic amines is 4. The van der Waals surface area contributed by atoms with Gasteiger partial charge in [-0.15, -0.1) is 0 Å². The fourth-order valence-electron chi connectivity index (χ4n) is 5.08. The third-order valence-corrected chi connectivity index (χ3v) is 8.18. The molecular weight excluding hydrogens is 392 g/mol. The van der Waals surface area contributed by atoms with Gasteiger partial charge in [0, 0.05) is 67.7 Å². The molecule has 0 amide bonds. The smallest absolute Gasteiger partial charge is 0.0447 e. The van der Waals surface area contributed by atoms with E-state index in [1.54, 1.807) is 0 Å². The summed E-state index contributed by atoms with van der Waals surface area (Å²) in [6.07, 6.45) is 2.17. The van der Waals surface area contributed by atoms with Crippen LogP contribution < -0.4 is 0 Å². The summed E-state index contributed by atoms with van der Waals surface area (Å²) in [5.41, 5.74) is 9.19. The Kier molecular flexibility index (Phi) is 4.16. The number of hydrogen-bond acceptors (Lipinski definition) is 0. The van der Waals surface area contributed by atoms with Crippen molar-refractivity contribution in [1.29, 1.82) is 0 Å². The number of aromatic nitrogens is 4. The molecule has 5 heterocycles. The maximum absolute atomic E-state index is 3.78. The number of fused-ring (bicyclic) bond motifs is 8. The van der Waals surface area contributed by atoms with Crippen LogP contribution in [0.5, 0.6) is 0 Å². The van der Waals surface area contributed by atoms with Gasteiger partial charge in [0.15, 0.2) is 0 Å². The van der Waals surface area contributed by atoms with Crippen LogP contribution in [-0.2, 0) is 21.7 Å². The van der Waals surface area contributed by atoms with Crippen LogP contribution in [0.3, 0.4) is 0 Å². The summed E-state index contributed by atoms with van der Waals surface area (Å²) in [6, 6.07) is 15.8. The molecule has 4 N–H and O–H groups in total. The summed E-state index contributed by atoms with van der Waals surface area (Å²) >= 11 is 0. The van der Waals surface area contributed by atoms with Crippen LogP contribution in [0, 0.1) is 0 Å². The Morgan fingerprint density at radius 1 is 0.438 bits per heavy atom. The van der Waals surface area contributed by atoms with Crippen LogP contribution in [-0.4, -0.2) is 19.9 Å². The molecule has 0 atom stereocenters. The standard InChI is InChI=1S/C28H36N4/c1-25(2)17-15-24(29-16-17)28(7,8)23-14-13-22(32-23)27(5,6)21-12-11-20(31-21)26(3,4)19-10-9-18(25)30-19/h9-16,29-32H,1-8H3. The van der Waals surface area contributed by atoms with Crippen LogP contribution in [0.15, 0.2) is 48.7 Å². The topological polar surface area (TPSA) is 63.2 Å². The highest BCUT2D eigenvalue weighted by molar-refractivity contribution is 5.44. The largest absolute Gasteiger partial charge is 0.364 e. The molecule has 4 aromatic rings. The second-order valence-electron chi connectivity index (χ2n) is 11.7. The van der Waals surface area contributed by atoms with E-state index in [2.05, 4.69) is 124 Å². The lowest BCUT2D eigenvalue weighted by atomic mass is 9.81. The van der Waals surface area contributed by atoms with Gasteiger partial charge in [-0.25, -0.2) is 0 Å². The average molecular weight is 429 g/mol. The van der Waals surface area contributed by atoms with Crippen LogP contribution >= 0.6 is 0 Å². The second kappa shape index (κ2) is 6.34. The molecular formula is C28H36N4. The summed E-state index contributed by atoms with van der Waals surface area (Å²) in [7, 11) is 0. The molecule has 5 rings (SSSR count). The van der Waals surface area contributed by atoms with Gasteiger partial charge in [0.25, 0.3) is 0 Å². The predicted molar refractivity (Wildman–Crippen MR) is 132 cm³/mol. The van der Waals surface area contributed by atoms with Gasteiger partial charge in [0.05, 0.1) is 0 Å². The third kappa shape index (κ3) is 2.81. The molecule has 0 aliphatic carbocycles. The summed E-state index contributed by atoms with van der Waals surface area (Å²) in [5.74, 6) is 0. The van der Waals surface area contributed by atoms with E-state index in [-0.39, 0.29) is 21.7 Å². The van der Waals surface area contributed by atoms with E-state index in [1.165, 1.54) is 45.4 Å². The van der Waals surface area contributed by atoms with Gasteiger partial charge in [-0.3, -0.25) is 0 Å². The fraction of sp³-hybridized carbons (Fsp3) is 0.429. The van der Waals surface area contributed by atoms with E-state index < -0.39 is 0 Å². The molecule has 4 nitrogen and oxygen atoms in total. The molecule has 0 saturated carbocycles. The minimum atomic E-state index is -0.163. The third-order valence-electron chi connectivity index (χ3n) is 8.18. The Morgan fingerprint density at radius 2 is 0.750 bits per heavy atom. The van der Waals surface area contributed by atoms with E-state index in [0.717, 1.165) is 0 Å². The minimum Gasteiger partial charge on any atom is -0.364 e. The molecule has 0 radical (unpaired) electrons. The van der Waals surface area contributed by atoms with Gasteiger partial charge in [0.1, 0.15) is 0 Å². The average Bonchev–Trinajstić information content (AvgIpc) is 3.53. The molecule has 4 aromatic heterocycles. The lowest BCUT2D eigenvalue weighted by Crippen LogP contribution is -2.25. The molecule has 0 fully saturated rings. The molecule has 0 aromatic carbocycles. The first-order chi connectivity index (χ1) is 14.8. The maximum atomic E-state index is 3.78. The van der Waals surface area contributed by atoms with E-state index in [9.17, 15) is 0 Å². The van der Waals surface area contributed by atoms with Crippen molar-refractivity contribution in [3.63, 3.8) is 0 Å². The second-order valence-corrected chi connectivity index (χ2v) is 11.7. The molecule has 168 valence electrons. The van der Waals surface area contributed by atoms with Crippen molar-refractivity contribution in [2.45, 2.75) is 77.0 Å². The van der Waals surface area contributed by atoms with Crippen molar-refractivity contribution in [1.82, 2.24) is 19.9 Å². The lowest BCUT2D eigenvalue weighted by molar-refractivity contribution is 0.555. The maximum Gasteiger partial charge on any atom is 0.0447 e. The first-order valence-electron chi connectivity index (χ1n) is 11.6. The lowest BCUT2D eigenvalue weighted by Gasteiger charge is -2.28. The zero-order chi connectivity index (χ0) is 23.1. The van der Waals surface area contributed by atoms with Crippen molar-refractivity contribution in [2.24, 2.45) is 0 Å². The van der Waals surface area contributed by atoms with Crippen LogP contribution in [0.25, 0.3) is 0 Å². The van der Waals surface area contributed by atoms with Crippen molar-refractivity contribution in [2.75, 3.05) is 0 Å². The van der Waals surface area contributed by atoms with Crippen molar-refractivity contribution in [3.8, 4) is 0 Å². The molecule has 1 aliphatic rings. The quantitative estimate of drug-likeness (QED) is 0.243. The van der Waals surface area contributed by atoms with Crippen LogP contribution in [0.2, 0.25) is 0 Å². The monoisotopic (exact) mass is 428 g/mol. The number of H-pyrrole nitrogens is 4. The van der Waals surface area contributed by atoms with Crippen molar-refractivity contribution in [3.05, 3.63) is 94.1 Å². The first-order valence-corrected chi connectivity index (χ1v) is 11.6. The highest BCUT2D eigenvalue weighted by atomic mass is 14.9. The molecule has 0 unspecified atom stereocenters. The van der Waals surface area contributed by atoms with Gasteiger partial charge in [-0.1, -0.05) is 13.8 Å². The summed E-state index contributed by atoms with van der Waals surface area (Å²) in [6.45, 7) is 18.3. The molecule has 8 bridgehead atoms. The number of nitrogens with one attached hydrogen (secondary N) is 4. The van der Waals surface area contributed by atoms with E-state index in [0.29, 0.717) is 0 Å². The van der Waals surface area contributed by atoms with Crippen molar-refractivity contribution >= 4 is 0 Å². The summed E-state index contributed by atoms with van der Waals surface area (Å²) < 4.78 is 0. The van der Waals surface area contributed by atoms with Crippen LogP contribution in [0.4, 0.5) is 0 Å². The SMILES string of the molecule is CC1(C)c2c[nH]c(c2)C(C)(C)c2ccc([nH]2)C(C)(C)c2ccc([nH]2)C(C)(C)c2ccc1[nH]2. The zero-order valence-electron chi connectivity index (χ0n) is 20.6. The van der Waals surface area contributed by atoms with Crippen LogP contribution in [0.1, 0.15) is 101 Å². The molecule has 32 heavy (non-hydrogen) atoms. The van der Waals surface area contributed by atoms with Gasteiger partial charge in [-0.05, 0) is 89.6 Å². The Bertz CT molecular complexity index is 999. The van der Waals surface area contributed by atoms with E-state index in [1.807, 2.05) is 0 Å². The number of rotatable bonds is 0. The minimum absolute atomic E-state index is 0.139. The molecule has 0 saturated heterocycles. The summed E-state index contributed by atoms with van der Waals surface area (Å²) in [5, 5.41) is 0. The van der Waals surface area contributed by atoms with Gasteiger partial charge < -0.3 is 19.9 Å². The predicted octanol–water partition coefficient (Wildman–Crippen LogP) is 6.62. The fourth-order valence-corrected chi connectivity index (χ4v) is 5.08. The van der Waals surface area contributed by atoms with E-state index >= 15 is 0 Å². The van der Waals surface area contributed by atoms with Gasteiger partial charge in [0.2, 0.25) is 0 Å². The first kappa shape index (κ1) is 21.0. The molecule has 4 heteroatoms. The van der Waals surface area contributed by atoms with E-state index in [4.69, 9.17) is 0 Å². The molecule has 0 spiro atoms. The van der Waals surface area contributed by atoms with Crippen molar-refractivity contribution < 1.29 is 0 Å². The normalized spacial score (nSPS) is 20.2. The van der Waals surface area contributed by atoms with Gasteiger partial charge in [-0.2, -0.15) is 0 Å². The highest BCUT2D eigenvalue weighted by Crippen LogP contribution is 2.40. The highest BCUT2D eigenvalue weighted by Gasteiger charge is 2.36. The Balaban J connectivity index is 1.76. The zero-order valence-corrected chi connectivity index (χ0v) is 20.6. The molecule has 1 aliphatic heterocycles. The van der Waals surface area contributed by atoms with Gasteiger partial charge >= 0.3 is 0 Å². The Labute approximate surface area is 191 Å². The number of hydrogen-bond donors (Lipinski definition) is 4. The Morgan fingerprint density at radius 3 is 1.12 bits per heavy atom. The Hall–Kier alpha value is -2.88. The summed E-state index contributed by atoms with van der Waals surface area (Å²) in [4.78, 5) is 14.9.